The molecule has 0 nitrogen and oxygen atoms in total. The monoisotopic (exact) mass is 220 g/mol. The summed E-state index contributed by atoms with van der Waals surface area (Å²) >= 11 is 0. The molecule has 0 unspecified atom stereocenters. The Hall–Kier alpha value is 0. The summed E-state index contributed by atoms with van der Waals surface area (Å²) in [6.07, 6.45) is 17.3. The van der Waals surface area contributed by atoms with E-state index >= 15 is 0 Å². The smallest absolute Gasteiger partial charge is 0.0179 e. The van der Waals surface area contributed by atoms with Crippen molar-refractivity contribution in [1.29, 1.82) is 0 Å². The Kier molecular flexibility index (Phi) is 5.19. The summed E-state index contributed by atoms with van der Waals surface area (Å²) in [5, 5.41) is 0. The van der Waals surface area contributed by atoms with Crippen molar-refractivity contribution >= 4 is 0 Å². The van der Waals surface area contributed by atoms with Crippen LogP contribution in [-0.4, -0.2) is 0 Å². The summed E-state index contributed by atoms with van der Waals surface area (Å²) in [4.78, 5) is 0. The van der Waals surface area contributed by atoms with Crippen molar-refractivity contribution in [3.8, 4) is 0 Å². The van der Waals surface area contributed by atoms with Gasteiger partial charge in [-0.05, 0) is 49.9 Å². The van der Waals surface area contributed by atoms with Gasteiger partial charge in [-0.25, -0.2) is 0 Å². The summed E-state index contributed by atoms with van der Waals surface area (Å²) in [5.41, 5.74) is 0. The van der Waals surface area contributed by atoms with Crippen LogP contribution in [-0.2, 0) is 0 Å². The average molecular weight is 220 g/mol. The third-order valence-corrected chi connectivity index (χ3v) is 4.72. The molecule has 2 rings (SSSR count). The van der Waals surface area contributed by atoms with Crippen LogP contribution in [0.5, 0.6) is 0 Å². The van der Waals surface area contributed by atoms with Crippen LogP contribution in [0.2, 0.25) is 0 Å². The summed E-state index contributed by atoms with van der Waals surface area (Å²) in [6, 6.07) is 0. The molecule has 2 saturated carbocycles. The maximum Gasteiger partial charge on any atom is -0.0179 e. The Labute approximate surface area is 102 Å². The molecule has 16 heavy (non-hydrogen) atoms. The maximum atomic E-state index is 4.09. The fourth-order valence-electron chi connectivity index (χ4n) is 3.89. The first-order valence-electron chi connectivity index (χ1n) is 7.56. The van der Waals surface area contributed by atoms with E-state index in [1.54, 1.807) is 0 Å². The molecule has 0 bridgehead atoms. The quantitative estimate of drug-likeness (QED) is 0.600. The van der Waals surface area contributed by atoms with Crippen LogP contribution in [0.1, 0.15) is 77.0 Å². The van der Waals surface area contributed by atoms with Crippen LogP contribution in [0.3, 0.4) is 0 Å². The molecule has 0 heteroatoms. The summed E-state index contributed by atoms with van der Waals surface area (Å²) in [7, 11) is 0. The molecule has 0 saturated heterocycles. The Balaban J connectivity index is 1.91. The number of hydrogen-bond donors (Lipinski definition) is 0. The number of rotatable bonds is 4. The minimum absolute atomic E-state index is 0.985. The molecule has 0 aromatic rings. The zero-order valence-corrected chi connectivity index (χ0v) is 10.8. The van der Waals surface area contributed by atoms with E-state index < -0.39 is 0 Å². The normalized spacial score (nSPS) is 25.1. The van der Waals surface area contributed by atoms with Gasteiger partial charge in [-0.1, -0.05) is 51.9 Å². The van der Waals surface area contributed by atoms with Gasteiger partial charge in [0.2, 0.25) is 0 Å². The topological polar surface area (TPSA) is 0 Å². The van der Waals surface area contributed by atoms with E-state index in [0.29, 0.717) is 0 Å². The first-order chi connectivity index (χ1) is 7.92. The van der Waals surface area contributed by atoms with Gasteiger partial charge in [-0.3, -0.25) is 0 Å². The van der Waals surface area contributed by atoms with Crippen LogP contribution in [0.4, 0.5) is 0 Å². The first kappa shape index (κ1) is 12.5. The Bertz CT molecular complexity index is 154. The van der Waals surface area contributed by atoms with E-state index in [-0.39, 0.29) is 0 Å². The summed E-state index contributed by atoms with van der Waals surface area (Å²) < 4.78 is 0. The lowest BCUT2D eigenvalue weighted by Gasteiger charge is -2.37. The maximum absolute atomic E-state index is 4.09. The van der Waals surface area contributed by atoms with Crippen LogP contribution >= 0.6 is 0 Å². The Morgan fingerprint density at radius 2 is 1.19 bits per heavy atom. The predicted octanol–water partition coefficient (Wildman–Crippen LogP) is 5.34. The molecule has 0 amide bonds. The SMILES string of the molecule is [CH2]CC[C](C1CCCCC1)C1CCCCC1. The first-order valence-corrected chi connectivity index (χ1v) is 7.56. The molecule has 2 aliphatic carbocycles. The van der Waals surface area contributed by atoms with Gasteiger partial charge < -0.3 is 0 Å². The Morgan fingerprint density at radius 1 is 0.750 bits per heavy atom. The Morgan fingerprint density at radius 3 is 1.56 bits per heavy atom. The van der Waals surface area contributed by atoms with Gasteiger partial charge in [-0.2, -0.15) is 0 Å². The standard InChI is InChI=1S/C16H28/c1-2-9-16(14-10-5-3-6-11-14)15-12-7-4-8-13-15/h14-15H,1-13H2. The van der Waals surface area contributed by atoms with Crippen LogP contribution in [0, 0.1) is 24.7 Å². The van der Waals surface area contributed by atoms with Crippen molar-refractivity contribution in [2.75, 3.05) is 0 Å². The second-order valence-corrected chi connectivity index (χ2v) is 5.85. The molecule has 0 atom stereocenters. The van der Waals surface area contributed by atoms with E-state index in [0.717, 1.165) is 18.3 Å². The molecular formula is C16H28. The third-order valence-electron chi connectivity index (χ3n) is 4.72. The van der Waals surface area contributed by atoms with Crippen LogP contribution < -0.4 is 0 Å². The van der Waals surface area contributed by atoms with E-state index in [4.69, 9.17) is 0 Å². The minimum atomic E-state index is 0.985. The fourth-order valence-corrected chi connectivity index (χ4v) is 3.89. The van der Waals surface area contributed by atoms with Crippen molar-refractivity contribution in [3.05, 3.63) is 12.8 Å². The predicted molar refractivity (Wildman–Crippen MR) is 71.0 cm³/mol. The van der Waals surface area contributed by atoms with Gasteiger partial charge in [0.15, 0.2) is 0 Å². The molecule has 2 aliphatic rings. The molecule has 0 heterocycles. The zero-order valence-electron chi connectivity index (χ0n) is 10.8. The average Bonchev–Trinajstić information content (AvgIpc) is 2.38. The van der Waals surface area contributed by atoms with Crippen LogP contribution in [0.25, 0.3) is 0 Å². The van der Waals surface area contributed by atoms with E-state index in [2.05, 4.69) is 6.92 Å². The van der Waals surface area contributed by atoms with Crippen molar-refractivity contribution < 1.29 is 0 Å². The van der Waals surface area contributed by atoms with Gasteiger partial charge in [0.25, 0.3) is 0 Å². The molecule has 0 aromatic carbocycles. The van der Waals surface area contributed by atoms with Crippen molar-refractivity contribution in [3.63, 3.8) is 0 Å². The van der Waals surface area contributed by atoms with Gasteiger partial charge in [0.05, 0.1) is 0 Å². The molecule has 2 radical (unpaired) electrons. The van der Waals surface area contributed by atoms with Crippen molar-refractivity contribution in [1.82, 2.24) is 0 Å². The van der Waals surface area contributed by atoms with E-state index in [9.17, 15) is 0 Å². The third kappa shape index (κ3) is 3.25. The lowest BCUT2D eigenvalue weighted by Crippen LogP contribution is -2.25. The summed E-state index contributed by atoms with van der Waals surface area (Å²) in [5.74, 6) is 3.91. The lowest BCUT2D eigenvalue weighted by atomic mass is 9.68. The highest BCUT2D eigenvalue weighted by atomic mass is 14.4. The van der Waals surface area contributed by atoms with Crippen molar-refractivity contribution in [2.24, 2.45) is 11.8 Å². The fraction of sp³-hybridized carbons (Fsp3) is 0.875. The van der Waals surface area contributed by atoms with Crippen molar-refractivity contribution in [2.45, 2.75) is 77.0 Å². The second kappa shape index (κ2) is 6.67. The zero-order chi connectivity index (χ0) is 11.2. The lowest BCUT2D eigenvalue weighted by molar-refractivity contribution is 0.264. The highest BCUT2D eigenvalue weighted by Gasteiger charge is 2.30. The molecular weight excluding hydrogens is 192 g/mol. The summed E-state index contributed by atoms with van der Waals surface area (Å²) in [6.45, 7) is 4.09. The minimum Gasteiger partial charge on any atom is -0.0533 e. The van der Waals surface area contributed by atoms with Gasteiger partial charge in [0.1, 0.15) is 0 Å². The van der Waals surface area contributed by atoms with E-state index in [1.165, 1.54) is 70.6 Å². The second-order valence-electron chi connectivity index (χ2n) is 5.85. The van der Waals surface area contributed by atoms with E-state index in [1.807, 2.05) is 5.92 Å². The highest BCUT2D eigenvalue weighted by Crippen LogP contribution is 2.43. The van der Waals surface area contributed by atoms with Crippen LogP contribution in [0.15, 0.2) is 0 Å². The molecule has 0 aliphatic heterocycles. The largest absolute Gasteiger partial charge is 0.0533 e. The molecule has 0 aromatic heterocycles. The molecule has 0 spiro atoms. The number of hydrogen-bond acceptors (Lipinski definition) is 0. The highest BCUT2D eigenvalue weighted by molar-refractivity contribution is 5.03. The van der Waals surface area contributed by atoms with Gasteiger partial charge in [-0.15, -0.1) is 0 Å². The molecule has 2 fully saturated rings. The van der Waals surface area contributed by atoms with Gasteiger partial charge in [0, 0.05) is 0 Å². The van der Waals surface area contributed by atoms with Gasteiger partial charge >= 0.3 is 0 Å². The molecule has 0 N–H and O–H groups in total. The molecule has 92 valence electrons.